The Bertz CT molecular complexity index is 1110. The van der Waals surface area contributed by atoms with Gasteiger partial charge in [-0.15, -0.1) is 11.3 Å². The molecular formula is C20H19N3O2S. The van der Waals surface area contributed by atoms with Gasteiger partial charge in [0.05, 0.1) is 17.6 Å². The van der Waals surface area contributed by atoms with Gasteiger partial charge in [-0.2, -0.15) is 0 Å². The first kappa shape index (κ1) is 16.6. The summed E-state index contributed by atoms with van der Waals surface area (Å²) < 4.78 is 3.69. The van der Waals surface area contributed by atoms with Crippen LogP contribution in [0.2, 0.25) is 0 Å². The van der Waals surface area contributed by atoms with Crippen molar-refractivity contribution in [2.24, 2.45) is 0 Å². The van der Waals surface area contributed by atoms with Crippen molar-refractivity contribution in [2.75, 3.05) is 0 Å². The number of hydrogen-bond donors (Lipinski definition) is 1. The van der Waals surface area contributed by atoms with E-state index in [0.717, 1.165) is 15.9 Å². The van der Waals surface area contributed by atoms with Gasteiger partial charge in [0.15, 0.2) is 0 Å². The van der Waals surface area contributed by atoms with Gasteiger partial charge >= 0.3 is 0 Å². The summed E-state index contributed by atoms with van der Waals surface area (Å²) in [5, 5.41) is 4.93. The molecule has 3 heterocycles. The van der Waals surface area contributed by atoms with Crippen molar-refractivity contribution in [3.05, 3.63) is 75.3 Å². The van der Waals surface area contributed by atoms with Crippen LogP contribution < -0.4 is 10.9 Å². The van der Waals surface area contributed by atoms with E-state index in [-0.39, 0.29) is 11.5 Å². The van der Waals surface area contributed by atoms with E-state index in [1.807, 2.05) is 64.5 Å². The second-order valence-corrected chi connectivity index (χ2v) is 7.20. The second-order valence-electron chi connectivity index (χ2n) is 6.17. The summed E-state index contributed by atoms with van der Waals surface area (Å²) in [4.78, 5) is 26.0. The fourth-order valence-corrected chi connectivity index (χ4v) is 3.86. The minimum atomic E-state index is -0.0207. The lowest BCUT2D eigenvalue weighted by Crippen LogP contribution is -2.25. The molecule has 1 aromatic carbocycles. The highest BCUT2D eigenvalue weighted by atomic mass is 32.1. The average molecular weight is 365 g/mol. The predicted octanol–water partition coefficient (Wildman–Crippen LogP) is 3.41. The molecule has 0 saturated carbocycles. The Labute approximate surface area is 154 Å². The SMILES string of the molecule is O=C(CCCn1c(=O)c2cccn2c2ccccc21)NCc1cccs1. The molecule has 26 heavy (non-hydrogen) atoms. The van der Waals surface area contributed by atoms with E-state index in [1.54, 1.807) is 15.9 Å². The third-order valence-corrected chi connectivity index (χ3v) is 5.35. The quantitative estimate of drug-likeness (QED) is 0.569. The predicted molar refractivity (Wildman–Crippen MR) is 105 cm³/mol. The van der Waals surface area contributed by atoms with Gasteiger partial charge in [0.1, 0.15) is 5.52 Å². The third-order valence-electron chi connectivity index (χ3n) is 4.47. The third kappa shape index (κ3) is 3.15. The molecule has 0 bridgehead atoms. The van der Waals surface area contributed by atoms with Crippen LogP contribution in [0.15, 0.2) is 64.9 Å². The van der Waals surface area contributed by atoms with Crippen LogP contribution in [0.25, 0.3) is 16.6 Å². The highest BCUT2D eigenvalue weighted by Gasteiger charge is 2.10. The Morgan fingerprint density at radius 1 is 1.00 bits per heavy atom. The van der Waals surface area contributed by atoms with E-state index >= 15 is 0 Å². The molecule has 132 valence electrons. The number of para-hydroxylation sites is 2. The standard InChI is InChI=1S/C20H19N3O2S/c24-19(21-14-15-6-5-13-26-15)10-4-12-23-17-8-2-1-7-16(17)22-11-3-9-18(22)20(23)25/h1-3,5-9,11,13H,4,10,12,14H2,(H,21,24). The molecule has 3 aromatic heterocycles. The fraction of sp³-hybridized carbons (Fsp3) is 0.200. The summed E-state index contributed by atoms with van der Waals surface area (Å²) in [6, 6.07) is 15.5. The first-order valence-electron chi connectivity index (χ1n) is 8.62. The lowest BCUT2D eigenvalue weighted by atomic mass is 10.2. The van der Waals surface area contributed by atoms with Crippen molar-refractivity contribution < 1.29 is 4.79 Å². The summed E-state index contributed by atoms with van der Waals surface area (Å²) in [6.07, 6.45) is 2.93. The molecule has 0 radical (unpaired) electrons. The summed E-state index contributed by atoms with van der Waals surface area (Å²) >= 11 is 1.63. The second kappa shape index (κ2) is 7.17. The van der Waals surface area contributed by atoms with Gasteiger partial charge in [-0.25, -0.2) is 0 Å². The van der Waals surface area contributed by atoms with Crippen LogP contribution in [0.3, 0.4) is 0 Å². The van der Waals surface area contributed by atoms with Crippen LogP contribution in [-0.4, -0.2) is 14.9 Å². The maximum atomic E-state index is 12.8. The van der Waals surface area contributed by atoms with Crippen molar-refractivity contribution in [2.45, 2.75) is 25.9 Å². The molecule has 0 aliphatic carbocycles. The van der Waals surface area contributed by atoms with Crippen LogP contribution >= 0.6 is 11.3 Å². The van der Waals surface area contributed by atoms with Crippen molar-refractivity contribution in [3.8, 4) is 0 Å². The van der Waals surface area contributed by atoms with E-state index in [2.05, 4.69) is 5.32 Å². The molecule has 0 atom stereocenters. The molecule has 6 heteroatoms. The molecule has 0 aliphatic rings. The van der Waals surface area contributed by atoms with E-state index in [1.165, 1.54) is 0 Å². The number of carbonyl (C=O) groups excluding carboxylic acids is 1. The van der Waals surface area contributed by atoms with Gasteiger partial charge < -0.3 is 14.3 Å². The molecule has 5 nitrogen and oxygen atoms in total. The Morgan fingerprint density at radius 2 is 1.81 bits per heavy atom. The van der Waals surface area contributed by atoms with Crippen LogP contribution in [0, 0.1) is 0 Å². The maximum absolute atomic E-state index is 12.8. The minimum absolute atomic E-state index is 0.0134. The smallest absolute Gasteiger partial charge is 0.275 e. The summed E-state index contributed by atoms with van der Waals surface area (Å²) in [5.74, 6) is 0.0134. The number of thiophene rings is 1. The van der Waals surface area contributed by atoms with Crippen LogP contribution in [0.4, 0.5) is 0 Å². The molecule has 1 amide bonds. The van der Waals surface area contributed by atoms with E-state index < -0.39 is 0 Å². The molecule has 0 unspecified atom stereocenters. The first-order valence-corrected chi connectivity index (χ1v) is 9.50. The van der Waals surface area contributed by atoms with Crippen molar-refractivity contribution in [1.29, 1.82) is 0 Å². The van der Waals surface area contributed by atoms with Crippen molar-refractivity contribution in [3.63, 3.8) is 0 Å². The molecular weight excluding hydrogens is 346 g/mol. The highest BCUT2D eigenvalue weighted by molar-refractivity contribution is 7.09. The zero-order chi connectivity index (χ0) is 17.9. The number of nitrogens with zero attached hydrogens (tertiary/aromatic N) is 2. The molecule has 4 rings (SSSR count). The van der Waals surface area contributed by atoms with Crippen molar-refractivity contribution >= 4 is 33.8 Å². The zero-order valence-electron chi connectivity index (χ0n) is 14.2. The lowest BCUT2D eigenvalue weighted by molar-refractivity contribution is -0.121. The van der Waals surface area contributed by atoms with Gasteiger partial charge in [0, 0.05) is 24.0 Å². The molecule has 0 fully saturated rings. The number of aryl methyl sites for hydroxylation is 1. The minimum Gasteiger partial charge on any atom is -0.351 e. The number of nitrogens with one attached hydrogen (secondary N) is 1. The maximum Gasteiger partial charge on any atom is 0.275 e. The summed E-state index contributed by atoms with van der Waals surface area (Å²) in [7, 11) is 0. The molecule has 4 aromatic rings. The Balaban J connectivity index is 1.49. The number of fused-ring (bicyclic) bond motifs is 3. The van der Waals surface area contributed by atoms with Gasteiger partial charge in [-0.05, 0) is 42.1 Å². The molecule has 0 spiro atoms. The van der Waals surface area contributed by atoms with Crippen LogP contribution in [0.1, 0.15) is 17.7 Å². The average Bonchev–Trinajstić information content (AvgIpc) is 3.34. The van der Waals surface area contributed by atoms with Crippen LogP contribution in [-0.2, 0) is 17.9 Å². The summed E-state index contributed by atoms with van der Waals surface area (Å²) in [6.45, 7) is 1.09. The number of carbonyl (C=O) groups is 1. The molecule has 0 saturated heterocycles. The van der Waals surface area contributed by atoms with Gasteiger partial charge in [-0.1, -0.05) is 18.2 Å². The number of benzene rings is 1. The zero-order valence-corrected chi connectivity index (χ0v) is 15.0. The van der Waals surface area contributed by atoms with Gasteiger partial charge in [0.25, 0.3) is 5.56 Å². The van der Waals surface area contributed by atoms with E-state index in [9.17, 15) is 9.59 Å². The monoisotopic (exact) mass is 365 g/mol. The molecule has 1 N–H and O–H groups in total. The summed E-state index contributed by atoms with van der Waals surface area (Å²) in [5.41, 5.74) is 2.52. The van der Waals surface area contributed by atoms with Gasteiger partial charge in [0.2, 0.25) is 5.91 Å². The molecule has 0 aliphatic heterocycles. The number of hydrogen-bond acceptors (Lipinski definition) is 3. The van der Waals surface area contributed by atoms with E-state index in [4.69, 9.17) is 0 Å². The first-order chi connectivity index (χ1) is 12.7. The van der Waals surface area contributed by atoms with Crippen LogP contribution in [0.5, 0.6) is 0 Å². The number of rotatable bonds is 6. The van der Waals surface area contributed by atoms with Crippen molar-refractivity contribution in [1.82, 2.24) is 14.3 Å². The highest BCUT2D eigenvalue weighted by Crippen LogP contribution is 2.15. The normalized spacial score (nSPS) is 11.2. The number of aromatic nitrogens is 2. The van der Waals surface area contributed by atoms with Gasteiger partial charge in [-0.3, -0.25) is 9.59 Å². The Hall–Kier alpha value is -2.86. The Kier molecular flexibility index (Phi) is 4.58. The number of amides is 1. The Morgan fingerprint density at radius 3 is 2.62 bits per heavy atom. The fourth-order valence-electron chi connectivity index (χ4n) is 3.22. The lowest BCUT2D eigenvalue weighted by Gasteiger charge is -2.12. The largest absolute Gasteiger partial charge is 0.351 e. The topological polar surface area (TPSA) is 55.5 Å². The van der Waals surface area contributed by atoms with E-state index in [0.29, 0.717) is 31.4 Å².